The van der Waals surface area contributed by atoms with Gasteiger partial charge in [0.1, 0.15) is 0 Å². The highest BCUT2D eigenvalue weighted by Gasteiger charge is 2.32. The van der Waals surface area contributed by atoms with E-state index >= 15 is 0 Å². The lowest BCUT2D eigenvalue weighted by Gasteiger charge is -2.43. The molecule has 0 fully saturated rings. The Balaban J connectivity index is 5.46. The summed E-state index contributed by atoms with van der Waals surface area (Å²) in [6, 6.07) is 0. The number of nitrogens with zero attached hydrogens (tertiary/aromatic N) is 4. The van der Waals surface area contributed by atoms with Gasteiger partial charge in [-0.25, -0.2) is 18.7 Å². The SMILES string of the molecule is CCN(CC)P(OP(N(CC)CC)N(CC)CC)N(CC)CC. The number of hydrogen-bond donors (Lipinski definition) is 0. The molecule has 0 atom stereocenters. The third-order valence-corrected chi connectivity index (χ3v) is 9.40. The smallest absolute Gasteiger partial charge is 0.193 e. The maximum absolute atomic E-state index is 6.86. The first-order chi connectivity index (χ1) is 11.1. The standard InChI is InChI=1S/C16H40N4OP2/c1-9-17(10-2)22(18(11-3)12-4)21-23(19(13-5)14-6)20(15-7)16-8/h9-16H2,1-8H3. The maximum atomic E-state index is 6.86. The Kier molecular flexibility index (Phi) is 14.3. The summed E-state index contributed by atoms with van der Waals surface area (Å²) in [4.78, 5) is 0. The van der Waals surface area contributed by atoms with Crippen LogP contribution < -0.4 is 0 Å². The summed E-state index contributed by atoms with van der Waals surface area (Å²) in [5.41, 5.74) is 0. The largest absolute Gasteiger partial charge is 0.277 e. The van der Waals surface area contributed by atoms with Crippen LogP contribution in [0.1, 0.15) is 55.4 Å². The van der Waals surface area contributed by atoms with Crippen LogP contribution in [-0.4, -0.2) is 71.0 Å². The number of hydrogen-bond acceptors (Lipinski definition) is 5. The van der Waals surface area contributed by atoms with E-state index in [4.69, 9.17) is 4.31 Å². The first kappa shape index (κ1) is 23.7. The fourth-order valence-electron chi connectivity index (χ4n) is 2.49. The van der Waals surface area contributed by atoms with Crippen molar-refractivity contribution in [1.29, 1.82) is 0 Å². The van der Waals surface area contributed by atoms with Crippen LogP contribution in [0.25, 0.3) is 0 Å². The molecule has 0 spiro atoms. The van der Waals surface area contributed by atoms with Crippen LogP contribution >= 0.6 is 16.9 Å². The molecule has 0 unspecified atom stereocenters. The highest BCUT2D eigenvalue weighted by Crippen LogP contribution is 2.59. The molecule has 0 aromatic rings. The van der Waals surface area contributed by atoms with Crippen molar-refractivity contribution < 1.29 is 4.31 Å². The Bertz CT molecular complexity index is 221. The molecule has 0 amide bonds. The Morgan fingerprint density at radius 1 is 0.435 bits per heavy atom. The van der Waals surface area contributed by atoms with Crippen molar-refractivity contribution in [1.82, 2.24) is 18.7 Å². The lowest BCUT2D eigenvalue weighted by Crippen LogP contribution is -2.34. The quantitative estimate of drug-likeness (QED) is 0.410. The van der Waals surface area contributed by atoms with Crippen LogP contribution in [0.4, 0.5) is 0 Å². The predicted molar refractivity (Wildman–Crippen MR) is 107 cm³/mol. The molecule has 140 valence electrons. The van der Waals surface area contributed by atoms with Gasteiger partial charge in [0, 0.05) is 52.4 Å². The molecular weight excluding hydrogens is 326 g/mol. The van der Waals surface area contributed by atoms with Crippen LogP contribution in [-0.2, 0) is 4.31 Å². The van der Waals surface area contributed by atoms with Gasteiger partial charge in [0.15, 0.2) is 16.9 Å². The van der Waals surface area contributed by atoms with Gasteiger partial charge in [0.2, 0.25) is 0 Å². The van der Waals surface area contributed by atoms with Gasteiger partial charge in [-0.05, 0) is 0 Å². The summed E-state index contributed by atoms with van der Waals surface area (Å²) >= 11 is 0. The Morgan fingerprint density at radius 2 is 0.609 bits per heavy atom. The molecule has 0 aromatic carbocycles. The van der Waals surface area contributed by atoms with Gasteiger partial charge in [-0.1, -0.05) is 55.4 Å². The third-order valence-electron chi connectivity index (χ3n) is 4.03. The van der Waals surface area contributed by atoms with E-state index in [1.807, 2.05) is 0 Å². The second kappa shape index (κ2) is 13.9. The molecule has 0 aliphatic carbocycles. The van der Waals surface area contributed by atoms with E-state index in [9.17, 15) is 0 Å². The molecule has 0 rings (SSSR count). The molecule has 0 aliphatic heterocycles. The first-order valence-corrected chi connectivity index (χ1v) is 11.7. The Hall–Kier alpha value is 0.660. The minimum Gasteiger partial charge on any atom is -0.277 e. The van der Waals surface area contributed by atoms with Crippen LogP contribution in [0.5, 0.6) is 0 Å². The molecular formula is C16H40N4OP2. The summed E-state index contributed by atoms with van der Waals surface area (Å²) in [6.45, 7) is 26.2. The minimum absolute atomic E-state index is 0.703. The second-order valence-corrected chi connectivity index (χ2v) is 9.07. The summed E-state index contributed by atoms with van der Waals surface area (Å²) < 4.78 is 16.8. The molecule has 5 nitrogen and oxygen atoms in total. The van der Waals surface area contributed by atoms with E-state index in [0.717, 1.165) is 52.4 Å². The van der Waals surface area contributed by atoms with Crippen molar-refractivity contribution in [3.63, 3.8) is 0 Å². The van der Waals surface area contributed by atoms with E-state index in [-0.39, 0.29) is 0 Å². The summed E-state index contributed by atoms with van der Waals surface area (Å²) in [7, 11) is -1.41. The lowest BCUT2D eigenvalue weighted by molar-refractivity contribution is 0.323. The second-order valence-electron chi connectivity index (χ2n) is 5.14. The van der Waals surface area contributed by atoms with Crippen molar-refractivity contribution >= 4 is 16.9 Å². The van der Waals surface area contributed by atoms with Crippen molar-refractivity contribution in [2.75, 3.05) is 52.4 Å². The number of rotatable bonds is 14. The van der Waals surface area contributed by atoms with Crippen molar-refractivity contribution in [3.8, 4) is 0 Å². The maximum Gasteiger partial charge on any atom is 0.193 e. The lowest BCUT2D eigenvalue weighted by atomic mass is 10.7. The van der Waals surface area contributed by atoms with Crippen LogP contribution in [0.3, 0.4) is 0 Å². The first-order valence-electron chi connectivity index (χ1n) is 9.35. The molecule has 0 aliphatic rings. The molecule has 0 heterocycles. The molecule has 0 saturated heterocycles. The molecule has 0 saturated carbocycles. The van der Waals surface area contributed by atoms with Crippen molar-refractivity contribution in [2.45, 2.75) is 55.4 Å². The van der Waals surface area contributed by atoms with Crippen LogP contribution in [0.15, 0.2) is 0 Å². The summed E-state index contributed by atoms with van der Waals surface area (Å²) in [5, 5.41) is 0. The zero-order valence-electron chi connectivity index (χ0n) is 16.7. The van der Waals surface area contributed by atoms with E-state index in [1.54, 1.807) is 0 Å². The van der Waals surface area contributed by atoms with E-state index < -0.39 is 16.9 Å². The summed E-state index contributed by atoms with van der Waals surface area (Å²) in [6.07, 6.45) is 0. The highest BCUT2D eigenvalue weighted by atomic mass is 31.2. The minimum atomic E-state index is -0.703. The molecule has 0 aromatic heterocycles. The van der Waals surface area contributed by atoms with Gasteiger partial charge in [0.25, 0.3) is 0 Å². The molecule has 0 N–H and O–H groups in total. The van der Waals surface area contributed by atoms with Gasteiger partial charge in [-0.2, -0.15) is 0 Å². The average Bonchev–Trinajstić information content (AvgIpc) is 2.58. The molecule has 23 heavy (non-hydrogen) atoms. The Labute approximate surface area is 148 Å². The third kappa shape index (κ3) is 7.20. The average molecular weight is 366 g/mol. The zero-order valence-corrected chi connectivity index (χ0v) is 18.5. The van der Waals surface area contributed by atoms with Gasteiger partial charge in [-0.3, -0.25) is 4.31 Å². The predicted octanol–water partition coefficient (Wildman–Crippen LogP) is 4.82. The van der Waals surface area contributed by atoms with E-state index in [2.05, 4.69) is 74.1 Å². The van der Waals surface area contributed by atoms with E-state index in [0.29, 0.717) is 0 Å². The normalized spacial score (nSPS) is 12.8. The molecule has 0 radical (unpaired) electrons. The van der Waals surface area contributed by atoms with Gasteiger partial charge in [0.05, 0.1) is 0 Å². The highest BCUT2D eigenvalue weighted by molar-refractivity contribution is 7.60. The van der Waals surface area contributed by atoms with Crippen LogP contribution in [0, 0.1) is 0 Å². The Morgan fingerprint density at radius 3 is 0.739 bits per heavy atom. The molecule has 0 bridgehead atoms. The topological polar surface area (TPSA) is 22.2 Å². The van der Waals surface area contributed by atoms with Crippen molar-refractivity contribution in [2.24, 2.45) is 0 Å². The van der Waals surface area contributed by atoms with Gasteiger partial charge >= 0.3 is 0 Å². The zero-order chi connectivity index (χ0) is 17.8. The van der Waals surface area contributed by atoms with Gasteiger partial charge in [-0.15, -0.1) is 0 Å². The fourth-order valence-corrected chi connectivity index (χ4v) is 7.32. The van der Waals surface area contributed by atoms with Crippen LogP contribution in [0.2, 0.25) is 0 Å². The summed E-state index contributed by atoms with van der Waals surface area (Å²) in [5.74, 6) is 0. The van der Waals surface area contributed by atoms with Gasteiger partial charge < -0.3 is 0 Å². The molecule has 7 heteroatoms. The van der Waals surface area contributed by atoms with Crippen molar-refractivity contribution in [3.05, 3.63) is 0 Å². The monoisotopic (exact) mass is 366 g/mol. The van der Waals surface area contributed by atoms with E-state index in [1.165, 1.54) is 0 Å². The fraction of sp³-hybridized carbons (Fsp3) is 1.00.